The van der Waals surface area contributed by atoms with Gasteiger partial charge < -0.3 is 4.74 Å². The van der Waals surface area contributed by atoms with Gasteiger partial charge in [0, 0.05) is 5.56 Å². The van der Waals surface area contributed by atoms with Gasteiger partial charge in [-0.3, -0.25) is 0 Å². The summed E-state index contributed by atoms with van der Waals surface area (Å²) in [6.45, 7) is 10.2. The lowest BCUT2D eigenvalue weighted by Gasteiger charge is -2.25. The molecule has 3 heteroatoms. The van der Waals surface area contributed by atoms with Gasteiger partial charge in [0.2, 0.25) is 0 Å². The van der Waals surface area contributed by atoms with Crippen molar-refractivity contribution in [1.29, 1.82) is 5.26 Å². The van der Waals surface area contributed by atoms with Crippen LogP contribution in [0.5, 0.6) is 5.75 Å². The molecule has 0 aliphatic rings. The van der Waals surface area contributed by atoms with E-state index in [9.17, 15) is 0 Å². The number of benzene rings is 1. The summed E-state index contributed by atoms with van der Waals surface area (Å²) in [5.74, 6) is 0.775. The van der Waals surface area contributed by atoms with Gasteiger partial charge in [-0.2, -0.15) is 5.26 Å². The number of halogens is 1. The number of aryl methyl sites for hydroxylation is 1. The van der Waals surface area contributed by atoms with Crippen LogP contribution in [0, 0.1) is 18.3 Å². The third-order valence-electron chi connectivity index (χ3n) is 2.47. The predicted octanol–water partition coefficient (Wildman–Crippen LogP) is 4.35. The highest BCUT2D eigenvalue weighted by atomic mass is 79.9. The van der Waals surface area contributed by atoms with Crippen LogP contribution in [-0.2, 0) is 5.41 Å². The molecule has 0 aliphatic heterocycles. The second-order valence-corrected chi connectivity index (χ2v) is 6.12. The Labute approximate surface area is 112 Å². The molecule has 0 N–H and O–H groups in total. The van der Waals surface area contributed by atoms with Crippen LogP contribution < -0.4 is 4.74 Å². The highest BCUT2D eigenvalue weighted by molar-refractivity contribution is 9.10. The number of ether oxygens (including phenoxy) is 1. The fraction of sp³-hybridized carbons (Fsp3) is 0.500. The van der Waals surface area contributed by atoms with Gasteiger partial charge in [0.05, 0.1) is 4.47 Å². The minimum atomic E-state index is -0.449. The van der Waals surface area contributed by atoms with E-state index in [-0.39, 0.29) is 5.41 Å². The van der Waals surface area contributed by atoms with Crippen molar-refractivity contribution >= 4 is 15.9 Å². The molecular formula is C14H18BrNO. The molecule has 0 aromatic heterocycles. The van der Waals surface area contributed by atoms with Gasteiger partial charge in [-0.15, -0.1) is 0 Å². The zero-order valence-electron chi connectivity index (χ0n) is 11.0. The number of hydrogen-bond donors (Lipinski definition) is 0. The molecular weight excluding hydrogens is 278 g/mol. The zero-order valence-corrected chi connectivity index (χ0v) is 12.6. The first kappa shape index (κ1) is 14.1. The molecule has 0 saturated carbocycles. The smallest absolute Gasteiger partial charge is 0.181 e. The molecule has 0 fully saturated rings. The molecule has 2 nitrogen and oxygen atoms in total. The summed E-state index contributed by atoms with van der Waals surface area (Å²) < 4.78 is 6.61. The number of nitriles is 1. The molecule has 0 heterocycles. The van der Waals surface area contributed by atoms with E-state index in [4.69, 9.17) is 10.00 Å². The second kappa shape index (κ2) is 5.10. The van der Waals surface area contributed by atoms with Crippen LogP contribution >= 0.6 is 15.9 Å². The molecule has 92 valence electrons. The molecule has 1 aromatic rings. The zero-order chi connectivity index (χ0) is 13.2. The van der Waals surface area contributed by atoms with Gasteiger partial charge in [0.1, 0.15) is 11.8 Å². The molecule has 1 unspecified atom stereocenters. The average Bonchev–Trinajstić information content (AvgIpc) is 2.19. The van der Waals surface area contributed by atoms with E-state index in [2.05, 4.69) is 55.8 Å². The average molecular weight is 296 g/mol. The summed E-state index contributed by atoms with van der Waals surface area (Å²) in [5.41, 5.74) is 2.28. The standard InChI is InChI=1S/C14H18BrNO/c1-9-6-11(14(3,4)5)13(12(15)7-9)17-10(2)8-16/h6-7,10H,1-5H3. The maximum Gasteiger partial charge on any atom is 0.181 e. The van der Waals surface area contributed by atoms with Crippen molar-refractivity contribution < 1.29 is 4.74 Å². The van der Waals surface area contributed by atoms with E-state index in [1.165, 1.54) is 5.56 Å². The van der Waals surface area contributed by atoms with Gasteiger partial charge in [-0.05, 0) is 46.8 Å². The van der Waals surface area contributed by atoms with Crippen molar-refractivity contribution in [3.05, 3.63) is 27.7 Å². The molecule has 0 aliphatic carbocycles. The van der Waals surface area contributed by atoms with E-state index >= 15 is 0 Å². The van der Waals surface area contributed by atoms with Crippen molar-refractivity contribution in [3.63, 3.8) is 0 Å². The summed E-state index contributed by atoms with van der Waals surface area (Å²) in [4.78, 5) is 0. The number of hydrogen-bond acceptors (Lipinski definition) is 2. The van der Waals surface area contributed by atoms with Crippen LogP contribution in [0.3, 0.4) is 0 Å². The Balaban J connectivity index is 3.32. The van der Waals surface area contributed by atoms with Crippen molar-refractivity contribution in [2.75, 3.05) is 0 Å². The molecule has 0 spiro atoms. The molecule has 1 rings (SSSR count). The van der Waals surface area contributed by atoms with Crippen molar-refractivity contribution in [2.45, 2.75) is 46.1 Å². The third kappa shape index (κ3) is 3.47. The summed E-state index contributed by atoms with van der Waals surface area (Å²) in [6.07, 6.45) is -0.449. The minimum Gasteiger partial charge on any atom is -0.474 e. The van der Waals surface area contributed by atoms with E-state index in [1.807, 2.05) is 6.07 Å². The molecule has 1 aromatic carbocycles. The fourth-order valence-corrected chi connectivity index (χ4v) is 2.28. The van der Waals surface area contributed by atoms with E-state index in [0.717, 1.165) is 15.8 Å². The molecule has 0 amide bonds. The Kier molecular flexibility index (Phi) is 4.21. The maximum atomic E-state index is 8.84. The van der Waals surface area contributed by atoms with Crippen LogP contribution in [0.1, 0.15) is 38.8 Å². The third-order valence-corrected chi connectivity index (χ3v) is 3.06. The summed E-state index contributed by atoms with van der Waals surface area (Å²) >= 11 is 3.51. The lowest BCUT2D eigenvalue weighted by atomic mass is 9.85. The Bertz CT molecular complexity index is 455. The highest BCUT2D eigenvalue weighted by Crippen LogP contribution is 2.38. The van der Waals surface area contributed by atoms with Crippen molar-refractivity contribution in [1.82, 2.24) is 0 Å². The van der Waals surface area contributed by atoms with Crippen LogP contribution in [-0.4, -0.2) is 6.10 Å². The van der Waals surface area contributed by atoms with E-state index in [1.54, 1.807) is 6.92 Å². The Morgan fingerprint density at radius 1 is 1.35 bits per heavy atom. The molecule has 1 atom stereocenters. The van der Waals surface area contributed by atoms with Crippen molar-refractivity contribution in [3.8, 4) is 11.8 Å². The van der Waals surface area contributed by atoms with E-state index in [0.29, 0.717) is 0 Å². The first-order valence-corrected chi connectivity index (χ1v) is 6.42. The van der Waals surface area contributed by atoms with Crippen LogP contribution in [0.4, 0.5) is 0 Å². The Morgan fingerprint density at radius 3 is 2.41 bits per heavy atom. The maximum absolute atomic E-state index is 8.84. The first-order valence-electron chi connectivity index (χ1n) is 5.62. The molecule has 0 radical (unpaired) electrons. The number of rotatable bonds is 2. The fourth-order valence-electron chi connectivity index (χ4n) is 1.61. The highest BCUT2D eigenvalue weighted by Gasteiger charge is 2.22. The van der Waals surface area contributed by atoms with Crippen LogP contribution in [0.15, 0.2) is 16.6 Å². The normalized spacial score (nSPS) is 13.0. The van der Waals surface area contributed by atoms with Gasteiger partial charge in [-0.25, -0.2) is 0 Å². The molecule has 0 bridgehead atoms. The number of nitrogens with zero attached hydrogens (tertiary/aromatic N) is 1. The van der Waals surface area contributed by atoms with E-state index < -0.39 is 6.10 Å². The van der Waals surface area contributed by atoms with Gasteiger partial charge in [0.25, 0.3) is 0 Å². The van der Waals surface area contributed by atoms with Gasteiger partial charge in [-0.1, -0.05) is 26.8 Å². The SMILES string of the molecule is Cc1cc(Br)c(OC(C)C#N)c(C(C)(C)C)c1. The van der Waals surface area contributed by atoms with Gasteiger partial charge >= 0.3 is 0 Å². The molecule has 0 saturated heterocycles. The summed E-state index contributed by atoms with van der Waals surface area (Å²) in [7, 11) is 0. The largest absolute Gasteiger partial charge is 0.474 e. The summed E-state index contributed by atoms with van der Waals surface area (Å²) in [6, 6.07) is 6.21. The molecule has 17 heavy (non-hydrogen) atoms. The lowest BCUT2D eigenvalue weighted by Crippen LogP contribution is -2.17. The van der Waals surface area contributed by atoms with Crippen molar-refractivity contribution in [2.24, 2.45) is 0 Å². The van der Waals surface area contributed by atoms with Crippen LogP contribution in [0.25, 0.3) is 0 Å². The van der Waals surface area contributed by atoms with Gasteiger partial charge in [0.15, 0.2) is 6.10 Å². The topological polar surface area (TPSA) is 33.0 Å². The minimum absolute atomic E-state index is 0.0148. The Hall–Kier alpha value is -1.01. The Morgan fingerprint density at radius 2 is 1.94 bits per heavy atom. The quantitative estimate of drug-likeness (QED) is 0.813. The second-order valence-electron chi connectivity index (χ2n) is 5.26. The first-order chi connectivity index (χ1) is 7.75. The monoisotopic (exact) mass is 295 g/mol. The van der Waals surface area contributed by atoms with Crippen LogP contribution in [0.2, 0.25) is 0 Å². The lowest BCUT2D eigenvalue weighted by molar-refractivity contribution is 0.267. The predicted molar refractivity (Wildman–Crippen MR) is 73.3 cm³/mol. The summed E-state index contributed by atoms with van der Waals surface area (Å²) in [5, 5.41) is 8.84.